The van der Waals surface area contributed by atoms with E-state index < -0.39 is 20.0 Å². The van der Waals surface area contributed by atoms with Crippen molar-refractivity contribution in [2.24, 2.45) is 5.14 Å². The van der Waals surface area contributed by atoms with Crippen molar-refractivity contribution in [3.05, 3.63) is 45.7 Å². The van der Waals surface area contributed by atoms with Gasteiger partial charge in [0, 0.05) is 5.69 Å². The first-order valence-electron chi connectivity index (χ1n) is 5.53. The van der Waals surface area contributed by atoms with E-state index in [0.29, 0.717) is 9.35 Å². The Kier molecular flexibility index (Phi) is 4.73. The van der Waals surface area contributed by atoms with Crippen molar-refractivity contribution in [1.29, 1.82) is 0 Å². The van der Waals surface area contributed by atoms with E-state index in [1.165, 1.54) is 18.2 Å². The maximum absolute atomic E-state index is 12.1. The monoisotopic (exact) mass is 410 g/mol. The molecule has 0 atom stereocenters. The van der Waals surface area contributed by atoms with Crippen molar-refractivity contribution >= 4 is 53.0 Å². The minimum atomic E-state index is -3.70. The van der Waals surface area contributed by atoms with Crippen LogP contribution in [0.5, 0.6) is 0 Å². The van der Waals surface area contributed by atoms with Crippen LogP contribution >= 0.6 is 27.3 Å². The lowest BCUT2D eigenvalue weighted by atomic mass is 10.2. The highest BCUT2D eigenvalue weighted by atomic mass is 79.9. The zero-order valence-electron chi connectivity index (χ0n) is 10.5. The second kappa shape index (κ2) is 6.05. The van der Waals surface area contributed by atoms with Crippen LogP contribution in [0.4, 0.5) is 5.69 Å². The molecule has 0 aliphatic rings. The average molecular weight is 411 g/mol. The van der Waals surface area contributed by atoms with Gasteiger partial charge in [-0.3, -0.25) is 4.72 Å². The van der Waals surface area contributed by atoms with E-state index >= 15 is 0 Å². The molecule has 0 unspecified atom stereocenters. The van der Waals surface area contributed by atoms with Gasteiger partial charge in [-0.1, -0.05) is 12.1 Å². The third-order valence-corrected chi connectivity index (χ3v) is 6.59. The highest BCUT2D eigenvalue weighted by Gasteiger charge is 2.17. The number of nitrogens with one attached hydrogen (secondary N) is 1. The number of primary sulfonamides is 1. The summed E-state index contributed by atoms with van der Waals surface area (Å²) >= 11 is 4.28. The highest BCUT2D eigenvalue weighted by Crippen LogP contribution is 2.27. The van der Waals surface area contributed by atoms with E-state index in [9.17, 15) is 16.8 Å². The summed E-state index contributed by atoms with van der Waals surface area (Å²) in [5.74, 6) is -0.354. The van der Waals surface area contributed by atoms with Crippen molar-refractivity contribution in [2.45, 2.75) is 9.96 Å². The summed E-state index contributed by atoms with van der Waals surface area (Å²) in [5.41, 5.74) is 0.686. The Bertz CT molecular complexity index is 859. The van der Waals surface area contributed by atoms with Gasteiger partial charge in [-0.25, -0.2) is 22.0 Å². The molecule has 0 aliphatic carbocycles. The number of benzene rings is 1. The van der Waals surface area contributed by atoms with Crippen molar-refractivity contribution in [3.8, 4) is 0 Å². The van der Waals surface area contributed by atoms with E-state index in [1.54, 1.807) is 18.2 Å². The first-order chi connectivity index (χ1) is 9.66. The normalized spacial score (nSPS) is 12.3. The summed E-state index contributed by atoms with van der Waals surface area (Å²) < 4.78 is 49.7. The minimum Gasteiger partial charge on any atom is -0.279 e. The summed E-state index contributed by atoms with van der Waals surface area (Å²) in [6.45, 7) is 0. The number of nitrogens with two attached hydrogens (primary N) is 1. The van der Waals surface area contributed by atoms with Crippen LogP contribution in [-0.2, 0) is 25.8 Å². The molecule has 0 amide bonds. The van der Waals surface area contributed by atoms with E-state index in [0.717, 1.165) is 11.3 Å². The largest absolute Gasteiger partial charge is 0.279 e. The third kappa shape index (κ3) is 4.78. The van der Waals surface area contributed by atoms with Crippen LogP contribution in [0.2, 0.25) is 0 Å². The molecule has 0 spiro atoms. The molecule has 0 radical (unpaired) electrons. The topological polar surface area (TPSA) is 106 Å². The zero-order valence-corrected chi connectivity index (χ0v) is 14.5. The molecule has 0 saturated carbocycles. The Morgan fingerprint density at radius 2 is 1.86 bits per heavy atom. The van der Waals surface area contributed by atoms with Crippen molar-refractivity contribution in [1.82, 2.24) is 0 Å². The van der Waals surface area contributed by atoms with E-state index in [1.807, 2.05) is 0 Å². The maximum Gasteiger partial charge on any atom is 0.271 e. The summed E-state index contributed by atoms with van der Waals surface area (Å²) in [6.07, 6.45) is 0. The molecule has 0 aliphatic heterocycles. The standard InChI is InChI=1S/C11H11BrN2O4S3/c12-10-4-5-11(19-10)21(17,18)14-9-3-1-2-8(6-9)7-20(13,15)16/h1-6,14H,7H2,(H2,13,15,16). The molecule has 0 fully saturated rings. The lowest BCUT2D eigenvalue weighted by Gasteiger charge is -2.07. The molecule has 114 valence electrons. The predicted molar refractivity (Wildman–Crippen MR) is 86.1 cm³/mol. The van der Waals surface area contributed by atoms with Crippen molar-refractivity contribution in [2.75, 3.05) is 4.72 Å². The molecular weight excluding hydrogens is 400 g/mol. The van der Waals surface area contributed by atoms with Crippen molar-refractivity contribution in [3.63, 3.8) is 0 Å². The summed E-state index contributed by atoms with van der Waals surface area (Å²) in [4.78, 5) is 0. The van der Waals surface area contributed by atoms with Gasteiger partial charge in [-0.05, 0) is 45.8 Å². The predicted octanol–water partition coefficient (Wildman–Crippen LogP) is 2.10. The van der Waals surface area contributed by atoms with Crippen LogP contribution in [0.3, 0.4) is 0 Å². The summed E-state index contributed by atoms with van der Waals surface area (Å²) in [6, 6.07) is 9.20. The van der Waals surface area contributed by atoms with Crippen molar-refractivity contribution < 1.29 is 16.8 Å². The molecule has 10 heteroatoms. The Morgan fingerprint density at radius 1 is 1.14 bits per heavy atom. The second-order valence-electron chi connectivity index (χ2n) is 4.17. The Hall–Kier alpha value is -0.940. The van der Waals surface area contributed by atoms with Gasteiger partial charge in [-0.2, -0.15) is 0 Å². The molecule has 1 aromatic carbocycles. The minimum absolute atomic E-state index is 0.159. The van der Waals surface area contributed by atoms with E-state index in [2.05, 4.69) is 20.7 Å². The molecule has 1 aromatic heterocycles. The number of thiophene rings is 1. The zero-order chi connectivity index (χ0) is 15.7. The second-order valence-corrected chi connectivity index (χ2v) is 10.2. The number of hydrogen-bond acceptors (Lipinski definition) is 5. The Balaban J connectivity index is 2.26. The maximum atomic E-state index is 12.1. The third-order valence-electron chi connectivity index (χ3n) is 2.36. The van der Waals surface area contributed by atoms with Gasteiger partial charge in [0.05, 0.1) is 9.54 Å². The molecule has 2 rings (SSSR count). The van der Waals surface area contributed by atoms with Crippen LogP contribution in [0, 0.1) is 0 Å². The summed E-state index contributed by atoms with van der Waals surface area (Å²) in [5, 5.41) is 4.97. The first kappa shape index (κ1) is 16.4. The molecule has 0 bridgehead atoms. The smallest absolute Gasteiger partial charge is 0.271 e. The van der Waals surface area contributed by atoms with Crippen LogP contribution in [0.1, 0.15) is 5.56 Å². The fourth-order valence-corrected chi connectivity index (χ4v) is 5.31. The fraction of sp³-hybridized carbons (Fsp3) is 0.0909. The van der Waals surface area contributed by atoms with Crippen LogP contribution in [0.15, 0.2) is 44.4 Å². The van der Waals surface area contributed by atoms with Crippen LogP contribution < -0.4 is 9.86 Å². The number of rotatable bonds is 5. The molecule has 2 aromatic rings. The molecule has 0 saturated heterocycles. The molecule has 21 heavy (non-hydrogen) atoms. The van der Waals surface area contributed by atoms with Crippen LogP contribution in [-0.4, -0.2) is 16.8 Å². The lowest BCUT2D eigenvalue weighted by molar-refractivity contribution is 0.596. The van der Waals surface area contributed by atoms with Gasteiger partial charge in [0.25, 0.3) is 10.0 Å². The highest BCUT2D eigenvalue weighted by molar-refractivity contribution is 9.11. The lowest BCUT2D eigenvalue weighted by Crippen LogP contribution is -2.15. The molecule has 3 N–H and O–H groups in total. The van der Waals surface area contributed by atoms with E-state index in [-0.39, 0.29) is 15.6 Å². The number of anilines is 1. The van der Waals surface area contributed by atoms with Gasteiger partial charge >= 0.3 is 0 Å². The van der Waals surface area contributed by atoms with Gasteiger partial charge in [0.1, 0.15) is 4.21 Å². The Labute approximate surface area is 135 Å². The first-order valence-corrected chi connectivity index (χ1v) is 10.3. The summed E-state index contributed by atoms with van der Waals surface area (Å²) in [7, 11) is -7.36. The van der Waals surface area contributed by atoms with Gasteiger partial charge < -0.3 is 0 Å². The van der Waals surface area contributed by atoms with E-state index in [4.69, 9.17) is 5.14 Å². The SMILES string of the molecule is NS(=O)(=O)Cc1cccc(NS(=O)(=O)c2ccc(Br)s2)c1. The fourth-order valence-electron chi connectivity index (χ4n) is 1.60. The Morgan fingerprint density at radius 3 is 2.43 bits per heavy atom. The quantitative estimate of drug-likeness (QED) is 0.786. The number of halogens is 1. The number of sulfonamides is 2. The number of hydrogen-bond donors (Lipinski definition) is 2. The molecular formula is C11H11BrN2O4S3. The van der Waals surface area contributed by atoms with Gasteiger partial charge in [0.15, 0.2) is 0 Å². The average Bonchev–Trinajstić information content (AvgIpc) is 2.74. The van der Waals surface area contributed by atoms with Crippen LogP contribution in [0.25, 0.3) is 0 Å². The van der Waals surface area contributed by atoms with Gasteiger partial charge in [0.2, 0.25) is 10.0 Å². The molecule has 6 nitrogen and oxygen atoms in total. The van der Waals surface area contributed by atoms with Gasteiger partial charge in [-0.15, -0.1) is 11.3 Å². The molecule has 1 heterocycles.